The van der Waals surface area contributed by atoms with Gasteiger partial charge in [0.1, 0.15) is 0 Å². The minimum Gasteiger partial charge on any atom is -0.469 e. The summed E-state index contributed by atoms with van der Waals surface area (Å²) < 4.78 is 4.54. The Hall–Kier alpha value is -1.26. The molecule has 1 aromatic carbocycles. The zero-order chi connectivity index (χ0) is 11.1. The van der Waals surface area contributed by atoms with E-state index in [0.717, 1.165) is 11.3 Å². The lowest BCUT2D eigenvalue weighted by molar-refractivity contribution is -0.140. The second kappa shape index (κ2) is 7.96. The van der Waals surface area contributed by atoms with E-state index in [1.54, 1.807) is 0 Å². The van der Waals surface area contributed by atoms with Gasteiger partial charge < -0.3 is 15.8 Å². The highest BCUT2D eigenvalue weighted by molar-refractivity contribution is 5.85. The first-order chi connectivity index (χ1) is 7.27. The number of anilines is 1. The molecule has 0 unspecified atom stereocenters. The van der Waals surface area contributed by atoms with E-state index in [-0.39, 0.29) is 18.4 Å². The second-order valence-electron chi connectivity index (χ2n) is 3.11. The summed E-state index contributed by atoms with van der Waals surface area (Å²) in [7, 11) is 1.39. The van der Waals surface area contributed by atoms with Crippen molar-refractivity contribution in [3.63, 3.8) is 0 Å². The van der Waals surface area contributed by atoms with Crippen molar-refractivity contribution in [2.75, 3.05) is 19.0 Å². The van der Waals surface area contributed by atoms with E-state index in [1.165, 1.54) is 7.11 Å². The lowest BCUT2D eigenvalue weighted by Crippen LogP contribution is -2.11. The van der Waals surface area contributed by atoms with Crippen molar-refractivity contribution in [1.29, 1.82) is 0 Å². The van der Waals surface area contributed by atoms with Crippen LogP contribution in [0.15, 0.2) is 24.3 Å². The highest BCUT2D eigenvalue weighted by Gasteiger charge is 2.01. The molecule has 0 radical (unpaired) electrons. The van der Waals surface area contributed by atoms with Crippen molar-refractivity contribution >= 4 is 24.1 Å². The van der Waals surface area contributed by atoms with Gasteiger partial charge in [0.2, 0.25) is 0 Å². The third kappa shape index (κ3) is 4.51. The van der Waals surface area contributed by atoms with E-state index in [4.69, 9.17) is 5.73 Å². The Bertz CT molecular complexity index is 332. The van der Waals surface area contributed by atoms with E-state index in [2.05, 4.69) is 10.1 Å². The van der Waals surface area contributed by atoms with Crippen molar-refractivity contribution in [2.45, 2.75) is 13.0 Å². The Kier molecular flexibility index (Phi) is 7.33. The molecule has 0 aliphatic carbocycles. The topological polar surface area (TPSA) is 64.3 Å². The molecule has 0 fully saturated rings. The van der Waals surface area contributed by atoms with Crippen LogP contribution in [0.3, 0.4) is 0 Å². The van der Waals surface area contributed by atoms with Crippen LogP contribution in [0.25, 0.3) is 0 Å². The van der Waals surface area contributed by atoms with Gasteiger partial charge in [0, 0.05) is 18.8 Å². The predicted octanol–water partition coefficient (Wildman–Crippen LogP) is 1.54. The predicted molar refractivity (Wildman–Crippen MR) is 66.7 cm³/mol. The van der Waals surface area contributed by atoms with Gasteiger partial charge in [-0.25, -0.2) is 0 Å². The number of hydrogen-bond acceptors (Lipinski definition) is 4. The van der Waals surface area contributed by atoms with Crippen molar-refractivity contribution in [1.82, 2.24) is 0 Å². The summed E-state index contributed by atoms with van der Waals surface area (Å²) in [5.41, 5.74) is 7.60. The van der Waals surface area contributed by atoms with Crippen molar-refractivity contribution in [3.8, 4) is 0 Å². The standard InChI is InChI=1S/C11H16N2O2.ClH/c1-15-11(14)6-7-13-10-5-3-2-4-9(10)8-12;/h2-5,13H,6-8,12H2,1H3;1H. The van der Waals surface area contributed by atoms with Crippen molar-refractivity contribution in [2.24, 2.45) is 5.73 Å². The molecule has 0 saturated carbocycles. The molecule has 0 heterocycles. The SMILES string of the molecule is COC(=O)CCNc1ccccc1CN.Cl. The number of methoxy groups -OCH3 is 1. The minimum absolute atomic E-state index is 0. The first-order valence-electron chi connectivity index (χ1n) is 4.86. The molecule has 0 atom stereocenters. The van der Waals surface area contributed by atoms with Crippen LogP contribution in [-0.2, 0) is 16.1 Å². The lowest BCUT2D eigenvalue weighted by atomic mass is 10.2. The number of nitrogens with one attached hydrogen (secondary N) is 1. The fourth-order valence-electron chi connectivity index (χ4n) is 1.27. The third-order valence-corrected chi connectivity index (χ3v) is 2.11. The summed E-state index contributed by atoms with van der Waals surface area (Å²) in [5.74, 6) is -0.215. The smallest absolute Gasteiger partial charge is 0.307 e. The summed E-state index contributed by atoms with van der Waals surface area (Å²) in [6, 6.07) is 7.77. The summed E-state index contributed by atoms with van der Waals surface area (Å²) in [4.78, 5) is 10.9. The fourth-order valence-corrected chi connectivity index (χ4v) is 1.27. The molecular formula is C11H17ClN2O2. The Morgan fingerprint density at radius 1 is 1.44 bits per heavy atom. The molecule has 0 spiro atoms. The van der Waals surface area contributed by atoms with Gasteiger partial charge >= 0.3 is 5.97 Å². The maximum Gasteiger partial charge on any atom is 0.307 e. The number of rotatable bonds is 5. The van der Waals surface area contributed by atoms with Gasteiger partial charge in [-0.15, -0.1) is 12.4 Å². The minimum atomic E-state index is -0.215. The fraction of sp³-hybridized carbons (Fsp3) is 0.364. The molecule has 0 saturated heterocycles. The number of carbonyl (C=O) groups excluding carboxylic acids is 1. The van der Waals surface area contributed by atoms with Crippen molar-refractivity contribution in [3.05, 3.63) is 29.8 Å². The number of hydrogen-bond donors (Lipinski definition) is 2. The first-order valence-corrected chi connectivity index (χ1v) is 4.86. The van der Waals surface area contributed by atoms with Gasteiger partial charge in [-0.2, -0.15) is 0 Å². The number of carbonyl (C=O) groups is 1. The van der Waals surface area contributed by atoms with Crippen LogP contribution < -0.4 is 11.1 Å². The molecule has 0 aliphatic rings. The molecule has 3 N–H and O–H groups in total. The van der Waals surface area contributed by atoms with Gasteiger partial charge in [-0.3, -0.25) is 4.79 Å². The van der Waals surface area contributed by atoms with Crippen LogP contribution in [0.2, 0.25) is 0 Å². The zero-order valence-corrected chi connectivity index (χ0v) is 10.0. The molecular weight excluding hydrogens is 228 g/mol. The molecule has 16 heavy (non-hydrogen) atoms. The van der Waals surface area contributed by atoms with Gasteiger partial charge in [0.25, 0.3) is 0 Å². The van der Waals surface area contributed by atoms with E-state index >= 15 is 0 Å². The van der Waals surface area contributed by atoms with Crippen LogP contribution in [0.1, 0.15) is 12.0 Å². The largest absolute Gasteiger partial charge is 0.469 e. The molecule has 4 nitrogen and oxygen atoms in total. The van der Waals surface area contributed by atoms with E-state index < -0.39 is 0 Å². The number of halogens is 1. The van der Waals surface area contributed by atoms with Crippen LogP contribution >= 0.6 is 12.4 Å². The van der Waals surface area contributed by atoms with Gasteiger partial charge in [-0.05, 0) is 11.6 Å². The number of para-hydroxylation sites is 1. The summed E-state index contributed by atoms with van der Waals surface area (Å²) in [5, 5.41) is 3.15. The molecule has 90 valence electrons. The summed E-state index contributed by atoms with van der Waals surface area (Å²) >= 11 is 0. The molecule has 1 rings (SSSR count). The molecule has 1 aromatic rings. The van der Waals surface area contributed by atoms with Gasteiger partial charge in [0.05, 0.1) is 13.5 Å². The van der Waals surface area contributed by atoms with Crippen molar-refractivity contribution < 1.29 is 9.53 Å². The highest BCUT2D eigenvalue weighted by atomic mass is 35.5. The molecule has 0 aliphatic heterocycles. The van der Waals surface area contributed by atoms with E-state index in [0.29, 0.717) is 19.5 Å². The van der Waals surface area contributed by atoms with E-state index in [9.17, 15) is 4.79 Å². The lowest BCUT2D eigenvalue weighted by Gasteiger charge is -2.09. The third-order valence-electron chi connectivity index (χ3n) is 2.11. The normalized spacial score (nSPS) is 9.12. The number of ether oxygens (including phenoxy) is 1. The Morgan fingerprint density at radius 2 is 2.12 bits per heavy atom. The Morgan fingerprint density at radius 3 is 2.75 bits per heavy atom. The van der Waals surface area contributed by atoms with Crippen LogP contribution in [0, 0.1) is 0 Å². The maximum absolute atomic E-state index is 10.9. The van der Waals surface area contributed by atoms with Crippen LogP contribution in [-0.4, -0.2) is 19.6 Å². The second-order valence-corrected chi connectivity index (χ2v) is 3.11. The number of nitrogens with two attached hydrogens (primary N) is 1. The summed E-state index contributed by atoms with van der Waals surface area (Å²) in [6.45, 7) is 1.05. The molecule has 5 heteroatoms. The first kappa shape index (κ1) is 14.7. The average molecular weight is 245 g/mol. The molecule has 0 amide bonds. The molecule has 0 bridgehead atoms. The van der Waals surface area contributed by atoms with Gasteiger partial charge in [-0.1, -0.05) is 18.2 Å². The average Bonchev–Trinajstić information content (AvgIpc) is 2.29. The Labute approximate surface area is 102 Å². The van der Waals surface area contributed by atoms with Crippen LogP contribution in [0.5, 0.6) is 0 Å². The quantitative estimate of drug-likeness (QED) is 0.772. The molecule has 0 aromatic heterocycles. The highest BCUT2D eigenvalue weighted by Crippen LogP contribution is 2.13. The van der Waals surface area contributed by atoms with E-state index in [1.807, 2.05) is 24.3 Å². The van der Waals surface area contributed by atoms with Gasteiger partial charge in [0.15, 0.2) is 0 Å². The zero-order valence-electron chi connectivity index (χ0n) is 9.23. The van der Waals surface area contributed by atoms with Crippen LogP contribution in [0.4, 0.5) is 5.69 Å². The monoisotopic (exact) mass is 244 g/mol. The maximum atomic E-state index is 10.9. The Balaban J connectivity index is 0.00000225. The summed E-state index contributed by atoms with van der Waals surface area (Å²) in [6.07, 6.45) is 0.357. The number of benzene rings is 1. The number of esters is 1.